The van der Waals surface area contributed by atoms with Gasteiger partial charge >= 0.3 is 0 Å². The molecular weight excluding hydrogens is 342 g/mol. The zero-order valence-corrected chi connectivity index (χ0v) is 16.1. The smallest absolute Gasteiger partial charge is 0.248 e. The van der Waals surface area contributed by atoms with Crippen LogP contribution in [0, 0.1) is 0 Å². The Hall–Kier alpha value is -2.12. The third kappa shape index (κ3) is 4.42. The third-order valence-electron chi connectivity index (χ3n) is 5.49. The summed E-state index contributed by atoms with van der Waals surface area (Å²) in [5.74, 6) is 0.125. The highest BCUT2D eigenvalue weighted by Gasteiger charge is 2.25. The summed E-state index contributed by atoms with van der Waals surface area (Å²) >= 11 is 0. The van der Waals surface area contributed by atoms with Crippen molar-refractivity contribution in [3.8, 4) is 0 Å². The summed E-state index contributed by atoms with van der Waals surface area (Å²) in [4.78, 5) is 16.7. The van der Waals surface area contributed by atoms with E-state index in [1.54, 1.807) is 0 Å². The monoisotopic (exact) mass is 371 g/mol. The average Bonchev–Trinajstić information content (AvgIpc) is 3.41. The molecule has 1 atom stereocenters. The summed E-state index contributed by atoms with van der Waals surface area (Å²) in [6, 6.07) is 4.25. The van der Waals surface area contributed by atoms with E-state index < -0.39 is 0 Å². The quantitative estimate of drug-likeness (QED) is 0.776. The Bertz CT molecular complexity index is 762. The first-order chi connectivity index (χ1) is 13.2. The first-order valence-electron chi connectivity index (χ1n) is 9.98. The molecule has 2 aliphatic rings. The van der Waals surface area contributed by atoms with E-state index in [0.717, 1.165) is 58.7 Å². The molecular formula is C20H29N5O2. The van der Waals surface area contributed by atoms with E-state index in [4.69, 9.17) is 4.74 Å². The molecule has 1 unspecified atom stereocenters. The van der Waals surface area contributed by atoms with Gasteiger partial charge in [0.15, 0.2) is 0 Å². The van der Waals surface area contributed by atoms with E-state index >= 15 is 0 Å². The number of hydrogen-bond acceptors (Lipinski definition) is 4. The molecule has 2 aromatic heterocycles. The van der Waals surface area contributed by atoms with Crippen LogP contribution in [0.25, 0.3) is 0 Å². The van der Waals surface area contributed by atoms with E-state index in [2.05, 4.69) is 46.0 Å². The van der Waals surface area contributed by atoms with Crippen molar-refractivity contribution in [1.29, 1.82) is 0 Å². The molecule has 1 fully saturated rings. The summed E-state index contributed by atoms with van der Waals surface area (Å²) in [5.41, 5.74) is 2.50. The van der Waals surface area contributed by atoms with Gasteiger partial charge in [-0.3, -0.25) is 14.4 Å². The Balaban J connectivity index is 1.40. The molecule has 7 heteroatoms. The lowest BCUT2D eigenvalue weighted by molar-refractivity contribution is -0.137. The molecule has 4 heterocycles. The fraction of sp³-hybridized carbons (Fsp3) is 0.600. The maximum Gasteiger partial charge on any atom is 0.248 e. The van der Waals surface area contributed by atoms with Gasteiger partial charge in [0.05, 0.1) is 12.3 Å². The van der Waals surface area contributed by atoms with Gasteiger partial charge in [-0.1, -0.05) is 0 Å². The predicted molar refractivity (Wildman–Crippen MR) is 102 cm³/mol. The average molecular weight is 371 g/mol. The van der Waals surface area contributed by atoms with Crippen LogP contribution in [-0.2, 0) is 35.7 Å². The molecule has 0 aromatic carbocycles. The van der Waals surface area contributed by atoms with Crippen LogP contribution in [0.1, 0.15) is 31.0 Å². The van der Waals surface area contributed by atoms with Gasteiger partial charge in [0.25, 0.3) is 0 Å². The SMILES string of the molecule is CCn1cc(CN2Cc3cccn3CC(OCC(=O)N3CCCC3)C2)cn1. The van der Waals surface area contributed by atoms with Crippen molar-refractivity contribution in [3.63, 3.8) is 0 Å². The van der Waals surface area contributed by atoms with E-state index in [1.165, 1.54) is 11.3 Å². The van der Waals surface area contributed by atoms with Crippen molar-refractivity contribution >= 4 is 5.91 Å². The minimum Gasteiger partial charge on any atom is -0.365 e. The highest BCUT2D eigenvalue weighted by molar-refractivity contribution is 5.77. The fourth-order valence-corrected chi connectivity index (χ4v) is 4.02. The number of carbonyl (C=O) groups is 1. The summed E-state index contributed by atoms with van der Waals surface area (Å²) in [5, 5.41) is 4.38. The van der Waals surface area contributed by atoms with E-state index in [9.17, 15) is 4.79 Å². The Labute approximate surface area is 160 Å². The van der Waals surface area contributed by atoms with Crippen LogP contribution in [0.4, 0.5) is 0 Å². The van der Waals surface area contributed by atoms with Gasteiger partial charge in [0.2, 0.25) is 5.91 Å². The number of hydrogen-bond donors (Lipinski definition) is 0. The molecule has 7 nitrogen and oxygen atoms in total. The number of aromatic nitrogens is 3. The van der Waals surface area contributed by atoms with Crippen LogP contribution >= 0.6 is 0 Å². The first-order valence-corrected chi connectivity index (χ1v) is 9.98. The molecule has 1 saturated heterocycles. The van der Waals surface area contributed by atoms with Crippen molar-refractivity contribution in [2.75, 3.05) is 26.2 Å². The standard InChI is InChI=1S/C20H29N5O2/c1-2-25-12-17(10-21-25)11-22-13-18-6-5-9-24(18)15-19(14-22)27-16-20(26)23-7-3-4-8-23/h5-6,9-10,12,19H,2-4,7-8,11,13-16H2,1H3. The number of nitrogens with zero attached hydrogens (tertiary/aromatic N) is 5. The van der Waals surface area contributed by atoms with Gasteiger partial charge in [-0.2, -0.15) is 5.10 Å². The minimum absolute atomic E-state index is 0.00595. The zero-order valence-electron chi connectivity index (χ0n) is 16.1. The zero-order chi connectivity index (χ0) is 18.6. The second-order valence-corrected chi connectivity index (χ2v) is 7.55. The van der Waals surface area contributed by atoms with Crippen LogP contribution in [0.2, 0.25) is 0 Å². The fourth-order valence-electron chi connectivity index (χ4n) is 4.02. The van der Waals surface area contributed by atoms with Crippen LogP contribution < -0.4 is 0 Å². The summed E-state index contributed by atoms with van der Waals surface area (Å²) in [6.07, 6.45) is 8.39. The molecule has 0 radical (unpaired) electrons. The highest BCUT2D eigenvalue weighted by Crippen LogP contribution is 2.18. The number of ether oxygens (including phenoxy) is 1. The van der Waals surface area contributed by atoms with Crippen molar-refractivity contribution in [1.82, 2.24) is 24.1 Å². The van der Waals surface area contributed by atoms with E-state index in [0.29, 0.717) is 0 Å². The Kier molecular flexibility index (Phi) is 5.59. The largest absolute Gasteiger partial charge is 0.365 e. The maximum absolute atomic E-state index is 12.3. The molecule has 4 rings (SSSR count). The predicted octanol–water partition coefficient (Wildman–Crippen LogP) is 1.73. The summed E-state index contributed by atoms with van der Waals surface area (Å²) < 4.78 is 10.3. The lowest BCUT2D eigenvalue weighted by Gasteiger charge is -2.24. The number of likely N-dealkylation sites (tertiary alicyclic amines) is 1. The Morgan fingerprint density at radius 2 is 2.15 bits per heavy atom. The normalized spacial score (nSPS) is 20.6. The number of carbonyl (C=O) groups excluding carboxylic acids is 1. The van der Waals surface area contributed by atoms with Crippen LogP contribution in [0.15, 0.2) is 30.7 Å². The van der Waals surface area contributed by atoms with Crippen LogP contribution in [-0.4, -0.2) is 62.4 Å². The number of amides is 1. The lowest BCUT2D eigenvalue weighted by Crippen LogP contribution is -2.37. The molecule has 0 spiro atoms. The van der Waals surface area contributed by atoms with Crippen LogP contribution in [0.5, 0.6) is 0 Å². The number of aryl methyl sites for hydroxylation is 1. The van der Waals surface area contributed by atoms with Gasteiger partial charge in [0.1, 0.15) is 6.61 Å². The number of rotatable bonds is 6. The molecule has 2 aliphatic heterocycles. The van der Waals surface area contributed by atoms with Gasteiger partial charge in [-0.15, -0.1) is 0 Å². The van der Waals surface area contributed by atoms with Crippen LogP contribution in [0.3, 0.4) is 0 Å². The van der Waals surface area contributed by atoms with Gasteiger partial charge in [-0.05, 0) is 31.9 Å². The molecule has 0 N–H and O–H groups in total. The maximum atomic E-state index is 12.3. The molecule has 1 amide bonds. The second kappa shape index (κ2) is 8.27. The third-order valence-corrected chi connectivity index (χ3v) is 5.49. The van der Waals surface area contributed by atoms with Gasteiger partial charge in [-0.25, -0.2) is 0 Å². The summed E-state index contributed by atoms with van der Waals surface area (Å²) in [7, 11) is 0. The molecule has 0 saturated carbocycles. The molecule has 27 heavy (non-hydrogen) atoms. The highest BCUT2D eigenvalue weighted by atomic mass is 16.5. The second-order valence-electron chi connectivity index (χ2n) is 7.55. The topological polar surface area (TPSA) is 55.5 Å². The first kappa shape index (κ1) is 18.3. The van der Waals surface area contributed by atoms with Crippen molar-refractivity contribution in [3.05, 3.63) is 42.0 Å². The number of fused-ring (bicyclic) bond motifs is 1. The van der Waals surface area contributed by atoms with Crippen molar-refractivity contribution < 1.29 is 9.53 Å². The van der Waals surface area contributed by atoms with Gasteiger partial charge in [0, 0.05) is 69.5 Å². The molecule has 0 bridgehead atoms. The Morgan fingerprint density at radius 1 is 1.30 bits per heavy atom. The minimum atomic E-state index is 0.00595. The summed E-state index contributed by atoms with van der Waals surface area (Å²) in [6.45, 7) is 8.24. The Morgan fingerprint density at radius 3 is 2.93 bits per heavy atom. The molecule has 0 aliphatic carbocycles. The van der Waals surface area contributed by atoms with E-state index in [1.807, 2.05) is 15.8 Å². The van der Waals surface area contributed by atoms with Gasteiger partial charge < -0.3 is 14.2 Å². The molecule has 2 aromatic rings. The molecule has 146 valence electrons. The lowest BCUT2D eigenvalue weighted by atomic mass is 10.2. The van der Waals surface area contributed by atoms with E-state index in [-0.39, 0.29) is 18.6 Å². The van der Waals surface area contributed by atoms with Crippen molar-refractivity contribution in [2.24, 2.45) is 0 Å². The van der Waals surface area contributed by atoms with Crippen molar-refractivity contribution in [2.45, 2.75) is 52.0 Å².